The van der Waals surface area contributed by atoms with Gasteiger partial charge in [-0.2, -0.15) is 4.98 Å². The van der Waals surface area contributed by atoms with Crippen molar-refractivity contribution in [2.45, 2.75) is 88.3 Å². The number of ether oxygens (including phenoxy) is 3. The third kappa shape index (κ3) is 7.52. The quantitative estimate of drug-likeness (QED) is 0.184. The van der Waals surface area contributed by atoms with Crippen molar-refractivity contribution in [2.24, 2.45) is 0 Å². The van der Waals surface area contributed by atoms with E-state index in [2.05, 4.69) is 17.4 Å². The minimum absolute atomic E-state index is 0.0244. The van der Waals surface area contributed by atoms with Crippen molar-refractivity contribution in [3.05, 3.63) is 70.9 Å². The molecule has 3 heterocycles. The van der Waals surface area contributed by atoms with Crippen LogP contribution in [0.25, 0.3) is 0 Å². The second-order valence-electron chi connectivity index (χ2n) is 12.0. The van der Waals surface area contributed by atoms with Crippen LogP contribution in [-0.2, 0) is 20.1 Å². The van der Waals surface area contributed by atoms with Crippen LogP contribution in [0.1, 0.15) is 82.4 Å². The molecule has 1 aromatic heterocycles. The fourth-order valence-corrected chi connectivity index (χ4v) is 7.13. The highest BCUT2D eigenvalue weighted by molar-refractivity contribution is 7.98. The molecule has 1 saturated heterocycles. The first-order valence-electron chi connectivity index (χ1n) is 16.5. The molecule has 1 amide bonds. The topological polar surface area (TPSA) is 108 Å². The molecule has 1 atom stereocenters. The molecule has 0 radical (unpaired) electrons. The highest BCUT2D eigenvalue weighted by atomic mass is 32.2. The van der Waals surface area contributed by atoms with Crippen molar-refractivity contribution in [3.63, 3.8) is 0 Å². The van der Waals surface area contributed by atoms with Crippen LogP contribution in [0, 0.1) is 0 Å². The van der Waals surface area contributed by atoms with Gasteiger partial charge in [0.1, 0.15) is 12.1 Å². The zero-order valence-electron chi connectivity index (χ0n) is 26.7. The normalized spacial score (nSPS) is 18.5. The second-order valence-corrected chi connectivity index (χ2v) is 13.0. The lowest BCUT2D eigenvalue weighted by Crippen LogP contribution is -2.38. The maximum Gasteiger partial charge on any atom is 0.338 e. The smallest absolute Gasteiger partial charge is 0.338 e. The van der Waals surface area contributed by atoms with Gasteiger partial charge in [-0.3, -0.25) is 4.79 Å². The minimum Gasteiger partial charge on any atom is -0.490 e. The lowest BCUT2D eigenvalue weighted by atomic mass is 9.94. The van der Waals surface area contributed by atoms with Crippen molar-refractivity contribution in [1.82, 2.24) is 19.7 Å². The molecule has 2 aliphatic heterocycles. The summed E-state index contributed by atoms with van der Waals surface area (Å²) in [5, 5.41) is 8.81. The number of carbonyl (C=O) groups is 2. The van der Waals surface area contributed by atoms with E-state index in [1.165, 1.54) is 23.7 Å². The van der Waals surface area contributed by atoms with Gasteiger partial charge in [0.15, 0.2) is 18.1 Å². The number of hydrogen-bond acceptors (Lipinski definition) is 9. The number of nitrogens with one attached hydrogen (secondary N) is 1. The second kappa shape index (κ2) is 15.1. The third-order valence-electron chi connectivity index (χ3n) is 8.73. The van der Waals surface area contributed by atoms with E-state index in [9.17, 15) is 9.59 Å². The number of amides is 1. The number of likely N-dealkylation sites (tertiary alicyclic amines) is 1. The number of anilines is 1. The Morgan fingerprint density at radius 2 is 1.72 bits per heavy atom. The molecule has 1 unspecified atom stereocenters. The van der Waals surface area contributed by atoms with Crippen LogP contribution in [0.5, 0.6) is 11.5 Å². The Bertz CT molecular complexity index is 1550. The molecule has 3 aromatic rings. The molecule has 244 valence electrons. The van der Waals surface area contributed by atoms with Crippen molar-refractivity contribution in [1.29, 1.82) is 0 Å². The monoisotopic (exact) mass is 645 g/mol. The Balaban J connectivity index is 1.30. The van der Waals surface area contributed by atoms with Crippen LogP contribution in [0.2, 0.25) is 0 Å². The van der Waals surface area contributed by atoms with E-state index in [0.717, 1.165) is 63.6 Å². The zero-order valence-corrected chi connectivity index (χ0v) is 27.5. The summed E-state index contributed by atoms with van der Waals surface area (Å²) in [5.41, 5.74) is 3.11. The van der Waals surface area contributed by atoms with Gasteiger partial charge in [-0.25, -0.2) is 9.48 Å². The van der Waals surface area contributed by atoms with E-state index in [-0.39, 0.29) is 24.6 Å². The van der Waals surface area contributed by atoms with Crippen LogP contribution in [0.15, 0.2) is 65.0 Å². The number of aromatic nitrogens is 3. The van der Waals surface area contributed by atoms with Gasteiger partial charge in [-0.15, -0.1) is 5.10 Å². The Morgan fingerprint density at radius 3 is 2.48 bits per heavy atom. The summed E-state index contributed by atoms with van der Waals surface area (Å²) in [4.78, 5) is 33.4. The number of nitrogens with zero attached hydrogens (tertiary/aromatic N) is 4. The maximum atomic E-state index is 13.9. The molecule has 11 heteroatoms. The maximum absolute atomic E-state index is 13.9. The van der Waals surface area contributed by atoms with E-state index in [1.807, 2.05) is 55.1 Å². The van der Waals surface area contributed by atoms with Crippen molar-refractivity contribution in [2.75, 3.05) is 31.6 Å². The van der Waals surface area contributed by atoms with Gasteiger partial charge in [-0.1, -0.05) is 54.6 Å². The molecule has 6 rings (SSSR count). The van der Waals surface area contributed by atoms with Crippen LogP contribution in [0.3, 0.4) is 0 Å². The SMILES string of the molecule is CCOc1cc(C2C(C(=O)OC3CCCCC3)=C(C)Nc3nc(SCc4ccccc4)nn32)ccc1OCC(=O)N1CCCCC1. The molecule has 3 aliphatic rings. The molecule has 1 saturated carbocycles. The largest absolute Gasteiger partial charge is 0.490 e. The summed E-state index contributed by atoms with van der Waals surface area (Å²) >= 11 is 1.54. The third-order valence-corrected chi connectivity index (χ3v) is 9.64. The standard InChI is InChI=1S/C35H43N5O5S/c1-3-43-29-21-26(17-18-28(29)44-22-30(41)39-19-11-6-12-20-39)32-31(33(42)45-27-15-9-5-10-16-27)24(2)36-34-37-35(38-40(32)34)46-23-25-13-7-4-8-14-25/h4,7-8,13-14,17-18,21,27,32H,3,5-6,9-12,15-16,19-20,22-23H2,1-2H3,(H,36,37,38). The molecule has 0 bridgehead atoms. The molecular formula is C35H43N5O5S. The molecule has 2 fully saturated rings. The van der Waals surface area contributed by atoms with E-state index >= 15 is 0 Å². The van der Waals surface area contributed by atoms with Gasteiger partial charge < -0.3 is 24.4 Å². The molecule has 1 N–H and O–H groups in total. The van der Waals surface area contributed by atoms with Gasteiger partial charge in [0, 0.05) is 24.5 Å². The van der Waals surface area contributed by atoms with Crippen molar-refractivity contribution >= 4 is 29.6 Å². The predicted molar refractivity (Wildman–Crippen MR) is 177 cm³/mol. The molecular weight excluding hydrogens is 602 g/mol. The van der Waals surface area contributed by atoms with E-state index in [1.54, 1.807) is 4.68 Å². The molecule has 1 aliphatic carbocycles. The highest BCUT2D eigenvalue weighted by Gasteiger charge is 2.37. The predicted octanol–water partition coefficient (Wildman–Crippen LogP) is 6.53. The summed E-state index contributed by atoms with van der Waals surface area (Å²) in [6, 6.07) is 15.2. The van der Waals surface area contributed by atoms with Gasteiger partial charge in [0.05, 0.1) is 12.2 Å². The van der Waals surface area contributed by atoms with Crippen LogP contribution in [0.4, 0.5) is 5.95 Å². The summed E-state index contributed by atoms with van der Waals surface area (Å²) in [6.45, 7) is 5.68. The number of piperidine rings is 1. The Labute approximate surface area is 274 Å². The molecule has 0 spiro atoms. The first-order chi connectivity index (χ1) is 22.5. The van der Waals surface area contributed by atoms with E-state index in [4.69, 9.17) is 24.3 Å². The minimum atomic E-state index is -0.603. The van der Waals surface area contributed by atoms with E-state index < -0.39 is 6.04 Å². The summed E-state index contributed by atoms with van der Waals surface area (Å²) < 4.78 is 19.9. The summed E-state index contributed by atoms with van der Waals surface area (Å²) in [7, 11) is 0. The van der Waals surface area contributed by atoms with Crippen LogP contribution in [-0.4, -0.2) is 63.9 Å². The Kier molecular flexibility index (Phi) is 10.5. The molecule has 10 nitrogen and oxygen atoms in total. The Hall–Kier alpha value is -3.99. The van der Waals surface area contributed by atoms with Gasteiger partial charge in [-0.05, 0) is 82.1 Å². The first-order valence-corrected chi connectivity index (χ1v) is 17.5. The molecule has 2 aromatic carbocycles. The van der Waals surface area contributed by atoms with Gasteiger partial charge in [0.25, 0.3) is 5.91 Å². The number of benzene rings is 2. The average Bonchev–Trinajstić information content (AvgIpc) is 3.49. The van der Waals surface area contributed by atoms with Crippen molar-refractivity contribution in [3.8, 4) is 11.5 Å². The summed E-state index contributed by atoms with van der Waals surface area (Å²) in [5.74, 6) is 1.88. The van der Waals surface area contributed by atoms with Crippen molar-refractivity contribution < 1.29 is 23.8 Å². The number of fused-ring (bicyclic) bond motifs is 1. The summed E-state index contributed by atoms with van der Waals surface area (Å²) in [6.07, 6.45) is 8.16. The Morgan fingerprint density at radius 1 is 0.957 bits per heavy atom. The lowest BCUT2D eigenvalue weighted by molar-refractivity contribution is -0.146. The van der Waals surface area contributed by atoms with Crippen LogP contribution < -0.4 is 14.8 Å². The highest BCUT2D eigenvalue weighted by Crippen LogP contribution is 2.40. The zero-order chi connectivity index (χ0) is 31.9. The van der Waals surface area contributed by atoms with Gasteiger partial charge >= 0.3 is 5.97 Å². The van der Waals surface area contributed by atoms with E-state index in [0.29, 0.717) is 46.2 Å². The number of carbonyl (C=O) groups excluding carboxylic acids is 2. The average molecular weight is 646 g/mol. The number of thioether (sulfide) groups is 1. The number of allylic oxidation sites excluding steroid dienone is 1. The van der Waals surface area contributed by atoms with Crippen LogP contribution >= 0.6 is 11.8 Å². The fourth-order valence-electron chi connectivity index (χ4n) is 6.34. The lowest BCUT2D eigenvalue weighted by Gasteiger charge is -2.30. The number of esters is 1. The number of hydrogen-bond donors (Lipinski definition) is 1. The molecule has 46 heavy (non-hydrogen) atoms. The fraction of sp³-hybridized carbons (Fsp3) is 0.486. The number of rotatable bonds is 11. The van der Waals surface area contributed by atoms with Gasteiger partial charge in [0.2, 0.25) is 11.1 Å². The first kappa shape index (κ1) is 32.0.